The smallest absolute Gasteiger partial charge is 0.226 e. The molecular weight excluding hydrogens is 188 g/mol. The standard InChI is InChI=1S/C6H6N6O2/c1-13-4-2-3-5(11-14-10-3)8-6(4)9-12-7/h2H,1H3,(H2,7,8,9,11). The van der Waals surface area contributed by atoms with Crippen molar-refractivity contribution in [3.05, 3.63) is 6.07 Å². The Kier molecular flexibility index (Phi) is 1.94. The van der Waals surface area contributed by atoms with Crippen molar-refractivity contribution in [3.8, 4) is 5.75 Å². The van der Waals surface area contributed by atoms with E-state index >= 15 is 0 Å². The number of aromatic nitrogens is 3. The molecule has 0 spiro atoms. The van der Waals surface area contributed by atoms with Gasteiger partial charge in [0.25, 0.3) is 0 Å². The molecule has 0 aromatic carbocycles. The van der Waals surface area contributed by atoms with Crippen LogP contribution in [0.5, 0.6) is 5.75 Å². The Morgan fingerprint density at radius 1 is 1.50 bits per heavy atom. The summed E-state index contributed by atoms with van der Waals surface area (Å²) in [6, 6.07) is 1.59. The summed E-state index contributed by atoms with van der Waals surface area (Å²) in [6.45, 7) is 0. The van der Waals surface area contributed by atoms with Gasteiger partial charge in [-0.1, -0.05) is 5.22 Å². The summed E-state index contributed by atoms with van der Waals surface area (Å²) in [7, 11) is 1.48. The molecule has 0 saturated heterocycles. The van der Waals surface area contributed by atoms with Crippen molar-refractivity contribution in [1.29, 1.82) is 0 Å². The lowest BCUT2D eigenvalue weighted by atomic mass is 10.4. The Balaban J connectivity index is 2.66. The molecule has 2 N–H and O–H groups in total. The predicted molar refractivity (Wildman–Crippen MR) is 44.9 cm³/mol. The van der Waals surface area contributed by atoms with Crippen molar-refractivity contribution in [2.24, 2.45) is 16.2 Å². The van der Waals surface area contributed by atoms with Gasteiger partial charge in [0.15, 0.2) is 11.3 Å². The number of hydrogen-bond acceptors (Lipinski definition) is 7. The second-order valence-corrected chi connectivity index (χ2v) is 2.34. The van der Waals surface area contributed by atoms with Gasteiger partial charge < -0.3 is 10.6 Å². The van der Waals surface area contributed by atoms with Crippen molar-refractivity contribution in [2.45, 2.75) is 0 Å². The lowest BCUT2D eigenvalue weighted by Gasteiger charge is -1.99. The van der Waals surface area contributed by atoms with Crippen molar-refractivity contribution in [2.75, 3.05) is 7.11 Å². The first-order chi connectivity index (χ1) is 6.85. The molecule has 0 radical (unpaired) electrons. The number of pyridine rings is 1. The Labute approximate surface area is 77.7 Å². The third-order valence-corrected chi connectivity index (χ3v) is 1.57. The van der Waals surface area contributed by atoms with Crippen LogP contribution in [0.1, 0.15) is 0 Å². The summed E-state index contributed by atoms with van der Waals surface area (Å²) in [5.74, 6) is 5.55. The molecule has 2 rings (SSSR count). The largest absolute Gasteiger partial charge is 0.493 e. The molecule has 2 heterocycles. The number of nitrogens with two attached hydrogens (primary N) is 1. The number of ether oxygens (including phenoxy) is 1. The zero-order valence-corrected chi connectivity index (χ0v) is 7.21. The van der Waals surface area contributed by atoms with Crippen LogP contribution < -0.4 is 10.6 Å². The van der Waals surface area contributed by atoms with Gasteiger partial charge in [-0.05, 0) is 10.3 Å². The molecule has 0 saturated carbocycles. The van der Waals surface area contributed by atoms with Crippen molar-refractivity contribution < 1.29 is 9.37 Å². The maximum absolute atomic E-state index is 4.99. The molecule has 0 aliphatic heterocycles. The van der Waals surface area contributed by atoms with E-state index in [1.165, 1.54) is 7.11 Å². The molecule has 0 amide bonds. The number of fused-ring (bicyclic) bond motifs is 1. The highest BCUT2D eigenvalue weighted by molar-refractivity contribution is 5.73. The van der Waals surface area contributed by atoms with Crippen LogP contribution in [0.25, 0.3) is 11.2 Å². The van der Waals surface area contributed by atoms with E-state index in [9.17, 15) is 0 Å². The number of hydrogen-bond donors (Lipinski definition) is 1. The Hall–Kier alpha value is -2.25. The lowest BCUT2D eigenvalue weighted by Crippen LogP contribution is -1.88. The summed E-state index contributed by atoms with van der Waals surface area (Å²) < 4.78 is 9.47. The molecule has 0 bridgehead atoms. The van der Waals surface area contributed by atoms with E-state index in [1.54, 1.807) is 6.07 Å². The minimum Gasteiger partial charge on any atom is -0.493 e. The molecule has 0 atom stereocenters. The Morgan fingerprint density at radius 2 is 2.36 bits per heavy atom. The fourth-order valence-corrected chi connectivity index (χ4v) is 0.980. The topological polar surface area (TPSA) is 112 Å². The molecule has 72 valence electrons. The predicted octanol–water partition coefficient (Wildman–Crippen LogP) is 0.584. The van der Waals surface area contributed by atoms with Crippen LogP contribution in [-0.4, -0.2) is 22.4 Å². The summed E-state index contributed by atoms with van der Waals surface area (Å²) in [5, 5.41) is 13.8. The highest BCUT2D eigenvalue weighted by Crippen LogP contribution is 2.27. The fourth-order valence-electron chi connectivity index (χ4n) is 0.980. The summed E-state index contributed by atoms with van der Waals surface area (Å²) in [6.07, 6.45) is 0. The first kappa shape index (κ1) is 8.35. The average molecular weight is 194 g/mol. The first-order valence-corrected chi connectivity index (χ1v) is 3.63. The van der Waals surface area contributed by atoms with Gasteiger partial charge in [0.2, 0.25) is 11.5 Å². The van der Waals surface area contributed by atoms with Crippen LogP contribution in [0.3, 0.4) is 0 Å². The minimum atomic E-state index is 0.234. The fraction of sp³-hybridized carbons (Fsp3) is 0.167. The quantitative estimate of drug-likeness (QED) is 0.425. The summed E-state index contributed by atoms with van der Waals surface area (Å²) in [4.78, 5) is 3.96. The molecule has 0 aliphatic carbocycles. The van der Waals surface area contributed by atoms with E-state index in [4.69, 9.17) is 10.6 Å². The van der Waals surface area contributed by atoms with Gasteiger partial charge in [-0.2, -0.15) is 4.98 Å². The zero-order valence-electron chi connectivity index (χ0n) is 7.21. The van der Waals surface area contributed by atoms with E-state index in [0.29, 0.717) is 16.9 Å². The molecular formula is C6H6N6O2. The molecule has 8 heteroatoms. The normalized spacial score (nSPS) is 11.2. The van der Waals surface area contributed by atoms with Gasteiger partial charge in [-0.25, -0.2) is 4.63 Å². The SMILES string of the molecule is COc1cc2nonc2nc1N=NN. The van der Waals surface area contributed by atoms with E-state index in [0.717, 1.165) is 0 Å². The lowest BCUT2D eigenvalue weighted by molar-refractivity contribution is 0.314. The number of nitrogens with zero attached hydrogens (tertiary/aromatic N) is 5. The van der Waals surface area contributed by atoms with Crippen LogP contribution >= 0.6 is 0 Å². The van der Waals surface area contributed by atoms with Gasteiger partial charge in [-0.3, -0.25) is 0 Å². The molecule has 8 nitrogen and oxygen atoms in total. The third-order valence-electron chi connectivity index (χ3n) is 1.57. The Morgan fingerprint density at radius 3 is 3.07 bits per heavy atom. The number of rotatable bonds is 2. The summed E-state index contributed by atoms with van der Waals surface area (Å²) >= 11 is 0. The minimum absolute atomic E-state index is 0.234. The molecule has 14 heavy (non-hydrogen) atoms. The van der Waals surface area contributed by atoms with Gasteiger partial charge >= 0.3 is 0 Å². The monoisotopic (exact) mass is 194 g/mol. The van der Waals surface area contributed by atoms with Gasteiger partial charge in [-0.15, -0.1) is 5.11 Å². The van der Waals surface area contributed by atoms with Crippen LogP contribution in [0, 0.1) is 0 Å². The van der Waals surface area contributed by atoms with E-state index < -0.39 is 0 Å². The molecule has 2 aromatic rings. The van der Waals surface area contributed by atoms with Crippen molar-refractivity contribution >= 4 is 17.0 Å². The van der Waals surface area contributed by atoms with E-state index in [2.05, 4.69) is 30.3 Å². The van der Waals surface area contributed by atoms with Crippen LogP contribution in [0.2, 0.25) is 0 Å². The second kappa shape index (κ2) is 3.24. The third kappa shape index (κ3) is 1.22. The highest BCUT2D eigenvalue weighted by atomic mass is 16.6. The maximum Gasteiger partial charge on any atom is 0.226 e. The van der Waals surface area contributed by atoms with E-state index in [-0.39, 0.29) is 5.82 Å². The molecule has 0 aliphatic rings. The van der Waals surface area contributed by atoms with Crippen LogP contribution in [0.4, 0.5) is 5.82 Å². The van der Waals surface area contributed by atoms with Crippen molar-refractivity contribution in [3.63, 3.8) is 0 Å². The van der Waals surface area contributed by atoms with Gasteiger partial charge in [0.1, 0.15) is 0 Å². The molecule has 0 unspecified atom stereocenters. The zero-order chi connectivity index (χ0) is 9.97. The van der Waals surface area contributed by atoms with Gasteiger partial charge in [0, 0.05) is 6.07 Å². The van der Waals surface area contributed by atoms with Crippen LogP contribution in [-0.2, 0) is 0 Å². The van der Waals surface area contributed by atoms with Gasteiger partial charge in [0.05, 0.1) is 7.11 Å². The van der Waals surface area contributed by atoms with Crippen LogP contribution in [0.15, 0.2) is 21.0 Å². The number of methoxy groups -OCH3 is 1. The van der Waals surface area contributed by atoms with Crippen molar-refractivity contribution in [1.82, 2.24) is 15.3 Å². The molecule has 2 aromatic heterocycles. The average Bonchev–Trinajstić information content (AvgIpc) is 2.64. The highest BCUT2D eigenvalue weighted by Gasteiger charge is 2.10. The maximum atomic E-state index is 4.99. The second-order valence-electron chi connectivity index (χ2n) is 2.34. The summed E-state index contributed by atoms with van der Waals surface area (Å²) in [5.41, 5.74) is 0.811. The molecule has 0 fully saturated rings. The van der Waals surface area contributed by atoms with E-state index in [1.807, 2.05) is 0 Å². The Bertz CT molecular complexity index is 478. The first-order valence-electron chi connectivity index (χ1n) is 3.63.